The van der Waals surface area contributed by atoms with E-state index in [9.17, 15) is 14.0 Å². The van der Waals surface area contributed by atoms with Crippen molar-refractivity contribution < 1.29 is 28.3 Å². The molecule has 1 atom stereocenters. The summed E-state index contributed by atoms with van der Waals surface area (Å²) in [6, 6.07) is 0. The third-order valence-electron chi connectivity index (χ3n) is 2.49. The van der Waals surface area contributed by atoms with E-state index < -0.39 is 24.7 Å². The van der Waals surface area contributed by atoms with E-state index >= 15 is 0 Å². The Morgan fingerprint density at radius 1 is 1.41 bits per heavy atom. The van der Waals surface area contributed by atoms with E-state index in [-0.39, 0.29) is 23.9 Å². The van der Waals surface area contributed by atoms with Crippen molar-refractivity contribution in [2.45, 2.75) is 19.8 Å². The number of likely N-dealkylation sites (N-methyl/N-ethyl adjacent to an activating group) is 1. The number of carbonyl (C=O) groups is 2. The zero-order valence-electron chi connectivity index (χ0n) is 10.6. The minimum atomic E-state index is -0.923. The fourth-order valence-electron chi connectivity index (χ4n) is 0.996. The fourth-order valence-corrected chi connectivity index (χ4v) is 0.996. The summed E-state index contributed by atoms with van der Waals surface area (Å²) < 4.78 is 17.4. The largest absolute Gasteiger partial charge is 0.481 e. The highest BCUT2D eigenvalue weighted by molar-refractivity contribution is 5.72. The SMILES string of the molecule is CC(CCC(=O)OCC[N+](C)(C)CF)C(=O)O. The number of carboxylic acid groups (broad SMARTS) is 1. The molecule has 0 rings (SSSR count). The van der Waals surface area contributed by atoms with Gasteiger partial charge in [-0.2, -0.15) is 4.39 Å². The topological polar surface area (TPSA) is 63.6 Å². The summed E-state index contributed by atoms with van der Waals surface area (Å²) >= 11 is 0. The van der Waals surface area contributed by atoms with Gasteiger partial charge in [0.15, 0.2) is 0 Å². The molecule has 0 aliphatic carbocycles. The zero-order chi connectivity index (χ0) is 13.5. The molecule has 0 bridgehead atoms. The van der Waals surface area contributed by atoms with Crippen molar-refractivity contribution in [2.24, 2.45) is 5.92 Å². The summed E-state index contributed by atoms with van der Waals surface area (Å²) in [5, 5.41) is 8.61. The molecule has 1 N–H and O–H groups in total. The normalized spacial score (nSPS) is 13.2. The molecule has 0 heterocycles. The monoisotopic (exact) mass is 250 g/mol. The number of rotatable bonds is 8. The maximum atomic E-state index is 12.4. The quantitative estimate of drug-likeness (QED) is 0.397. The van der Waals surface area contributed by atoms with Crippen LogP contribution in [0.2, 0.25) is 0 Å². The van der Waals surface area contributed by atoms with Gasteiger partial charge in [0, 0.05) is 6.42 Å². The number of halogens is 1. The van der Waals surface area contributed by atoms with Crippen LogP contribution >= 0.6 is 0 Å². The Labute approximate surface area is 101 Å². The predicted octanol–water partition coefficient (Wildman–Crippen LogP) is 1.03. The fraction of sp³-hybridized carbons (Fsp3) is 0.818. The molecular weight excluding hydrogens is 229 g/mol. The van der Waals surface area contributed by atoms with Crippen LogP contribution in [0.4, 0.5) is 4.39 Å². The Morgan fingerprint density at radius 3 is 2.47 bits per heavy atom. The third-order valence-corrected chi connectivity index (χ3v) is 2.49. The first-order valence-electron chi connectivity index (χ1n) is 5.55. The summed E-state index contributed by atoms with van der Waals surface area (Å²) in [7, 11) is 3.39. The number of carboxylic acids is 1. The van der Waals surface area contributed by atoms with E-state index in [0.29, 0.717) is 6.54 Å². The zero-order valence-corrected chi connectivity index (χ0v) is 10.6. The molecule has 6 heteroatoms. The molecule has 17 heavy (non-hydrogen) atoms. The van der Waals surface area contributed by atoms with E-state index in [1.54, 1.807) is 21.0 Å². The Hall–Kier alpha value is -1.17. The molecule has 1 unspecified atom stereocenters. The molecule has 0 aromatic rings. The Bertz CT molecular complexity index is 268. The van der Waals surface area contributed by atoms with Gasteiger partial charge in [0.25, 0.3) is 0 Å². The van der Waals surface area contributed by atoms with Crippen LogP contribution in [0.5, 0.6) is 0 Å². The highest BCUT2D eigenvalue weighted by Gasteiger charge is 2.16. The number of hydrogen-bond donors (Lipinski definition) is 1. The smallest absolute Gasteiger partial charge is 0.306 e. The van der Waals surface area contributed by atoms with Crippen molar-refractivity contribution in [2.75, 3.05) is 34.0 Å². The van der Waals surface area contributed by atoms with E-state index in [1.807, 2.05) is 0 Å². The number of esters is 1. The second-order valence-electron chi connectivity index (χ2n) is 4.78. The van der Waals surface area contributed by atoms with E-state index in [0.717, 1.165) is 0 Å². The Balaban J connectivity index is 3.71. The molecular formula is C11H21FNO4+. The van der Waals surface area contributed by atoms with Crippen molar-refractivity contribution in [3.8, 4) is 0 Å². The summed E-state index contributed by atoms with van der Waals surface area (Å²) in [6.07, 6.45) is 0.339. The molecule has 0 spiro atoms. The van der Waals surface area contributed by atoms with Crippen LogP contribution in [-0.4, -0.2) is 55.6 Å². The van der Waals surface area contributed by atoms with Crippen LogP contribution in [0.25, 0.3) is 0 Å². The molecule has 0 aromatic carbocycles. The number of nitrogens with zero attached hydrogens (tertiary/aromatic N) is 1. The molecule has 0 aromatic heterocycles. The van der Waals surface area contributed by atoms with E-state index in [4.69, 9.17) is 9.84 Å². The van der Waals surface area contributed by atoms with Crippen molar-refractivity contribution >= 4 is 11.9 Å². The number of quaternary nitrogens is 1. The van der Waals surface area contributed by atoms with Gasteiger partial charge >= 0.3 is 11.9 Å². The lowest BCUT2D eigenvalue weighted by Gasteiger charge is -2.25. The number of aliphatic carboxylic acids is 1. The van der Waals surface area contributed by atoms with Crippen molar-refractivity contribution in [3.05, 3.63) is 0 Å². The lowest BCUT2D eigenvalue weighted by Crippen LogP contribution is -2.41. The first-order valence-corrected chi connectivity index (χ1v) is 5.55. The van der Waals surface area contributed by atoms with Gasteiger partial charge in [-0.3, -0.25) is 14.1 Å². The van der Waals surface area contributed by atoms with Crippen LogP contribution in [-0.2, 0) is 14.3 Å². The van der Waals surface area contributed by atoms with Gasteiger partial charge in [0.2, 0.25) is 6.80 Å². The molecule has 0 saturated carbocycles. The van der Waals surface area contributed by atoms with Crippen LogP contribution in [0.15, 0.2) is 0 Å². The average molecular weight is 250 g/mol. The van der Waals surface area contributed by atoms with Gasteiger partial charge in [0.1, 0.15) is 13.2 Å². The maximum Gasteiger partial charge on any atom is 0.306 e. The van der Waals surface area contributed by atoms with Gasteiger partial charge in [-0.25, -0.2) is 0 Å². The Morgan fingerprint density at radius 2 is 2.00 bits per heavy atom. The number of alkyl halides is 1. The van der Waals surface area contributed by atoms with Crippen LogP contribution in [0.1, 0.15) is 19.8 Å². The number of carbonyl (C=O) groups excluding carboxylic acids is 1. The van der Waals surface area contributed by atoms with Gasteiger partial charge < -0.3 is 9.84 Å². The lowest BCUT2D eigenvalue weighted by molar-refractivity contribution is -0.902. The maximum absolute atomic E-state index is 12.4. The molecule has 0 aliphatic rings. The van der Waals surface area contributed by atoms with Gasteiger partial charge in [-0.1, -0.05) is 6.92 Å². The van der Waals surface area contributed by atoms with E-state index in [2.05, 4.69) is 0 Å². The summed E-state index contributed by atoms with van der Waals surface area (Å²) in [6.45, 7) is 1.57. The first kappa shape index (κ1) is 15.8. The molecule has 0 saturated heterocycles. The standard InChI is InChI=1S/C11H20FNO4/c1-9(11(15)16)4-5-10(14)17-7-6-13(2,3)8-12/h9H,4-8H2,1-3H3/p+1. The second kappa shape index (κ2) is 7.21. The minimum Gasteiger partial charge on any atom is -0.481 e. The summed E-state index contributed by atoms with van der Waals surface area (Å²) in [5.74, 6) is -1.91. The van der Waals surface area contributed by atoms with Gasteiger partial charge in [-0.15, -0.1) is 0 Å². The molecule has 100 valence electrons. The van der Waals surface area contributed by atoms with Crippen molar-refractivity contribution in [1.29, 1.82) is 0 Å². The first-order chi connectivity index (χ1) is 7.78. The third kappa shape index (κ3) is 7.68. The summed E-state index contributed by atoms with van der Waals surface area (Å²) in [4.78, 5) is 21.7. The average Bonchev–Trinajstić information content (AvgIpc) is 2.25. The predicted molar refractivity (Wildman–Crippen MR) is 59.9 cm³/mol. The minimum absolute atomic E-state index is 0.0799. The number of hydrogen-bond acceptors (Lipinski definition) is 3. The van der Waals surface area contributed by atoms with Crippen LogP contribution in [0, 0.1) is 5.92 Å². The van der Waals surface area contributed by atoms with Crippen molar-refractivity contribution in [3.63, 3.8) is 0 Å². The van der Waals surface area contributed by atoms with Crippen LogP contribution < -0.4 is 0 Å². The van der Waals surface area contributed by atoms with Gasteiger partial charge in [0.05, 0.1) is 20.0 Å². The highest BCUT2D eigenvalue weighted by Crippen LogP contribution is 2.06. The Kier molecular flexibility index (Phi) is 6.72. The highest BCUT2D eigenvalue weighted by atomic mass is 19.1. The van der Waals surface area contributed by atoms with Crippen molar-refractivity contribution in [1.82, 2.24) is 0 Å². The van der Waals surface area contributed by atoms with Gasteiger partial charge in [-0.05, 0) is 6.42 Å². The number of ether oxygens (including phenoxy) is 1. The second-order valence-corrected chi connectivity index (χ2v) is 4.78. The molecule has 5 nitrogen and oxygen atoms in total. The van der Waals surface area contributed by atoms with E-state index in [1.165, 1.54) is 0 Å². The van der Waals surface area contributed by atoms with Crippen LogP contribution in [0.3, 0.4) is 0 Å². The summed E-state index contributed by atoms with van der Waals surface area (Å²) in [5.41, 5.74) is 0. The molecule has 0 amide bonds. The lowest BCUT2D eigenvalue weighted by atomic mass is 10.1. The molecule has 0 radical (unpaired) electrons. The molecule has 0 fully saturated rings. The molecule has 0 aliphatic heterocycles.